The van der Waals surface area contributed by atoms with Crippen LogP contribution in [0, 0.1) is 0 Å². The van der Waals surface area contributed by atoms with Gasteiger partial charge in [-0.3, -0.25) is 0 Å². The quantitative estimate of drug-likeness (QED) is 0.571. The number of hydrogen-bond acceptors (Lipinski definition) is 3. The minimum absolute atomic E-state index is 0.200. The van der Waals surface area contributed by atoms with Crippen LogP contribution >= 0.6 is 23.2 Å². The van der Waals surface area contributed by atoms with Gasteiger partial charge in [0, 0.05) is 16.5 Å². The molecular weight excluding hydrogens is 414 g/mol. The minimum Gasteiger partial charge on any atom is -0.385 e. The Bertz CT molecular complexity index is 951. The molecule has 1 heterocycles. The number of aliphatic hydroxyl groups excluding tert-OH is 1. The maximum atomic E-state index is 12.8. The zero-order valence-electron chi connectivity index (χ0n) is 14.7. The molecule has 1 aromatic heterocycles. The van der Waals surface area contributed by atoms with Gasteiger partial charge in [-0.05, 0) is 54.4 Å². The lowest BCUT2D eigenvalue weighted by Crippen LogP contribution is -2.07. The van der Waals surface area contributed by atoms with Crippen LogP contribution < -0.4 is 0 Å². The van der Waals surface area contributed by atoms with Gasteiger partial charge in [0.05, 0.1) is 11.3 Å². The summed E-state index contributed by atoms with van der Waals surface area (Å²) < 4.78 is 39.9. The molecule has 0 aliphatic carbocycles. The van der Waals surface area contributed by atoms with Crippen molar-refractivity contribution in [2.24, 2.45) is 0 Å². The smallest absolute Gasteiger partial charge is 0.385 e. The van der Waals surface area contributed by atoms with Crippen molar-refractivity contribution in [2.45, 2.75) is 32.0 Å². The normalized spacial score (nSPS) is 13.0. The van der Waals surface area contributed by atoms with E-state index in [1.165, 1.54) is 16.8 Å². The number of benzene rings is 2. The molecule has 0 radical (unpaired) electrons. The van der Waals surface area contributed by atoms with Crippen LogP contribution in [0.5, 0.6) is 0 Å². The number of halogens is 5. The predicted molar refractivity (Wildman–Crippen MR) is 101 cm³/mol. The molecule has 0 saturated carbocycles. The van der Waals surface area contributed by atoms with Gasteiger partial charge in [-0.25, -0.2) is 9.67 Å². The first-order chi connectivity index (χ1) is 13.2. The zero-order valence-corrected chi connectivity index (χ0v) is 16.2. The fraction of sp³-hybridized carbons (Fsp3) is 0.263. The van der Waals surface area contributed by atoms with Crippen LogP contribution in [0.15, 0.2) is 42.5 Å². The van der Waals surface area contributed by atoms with E-state index < -0.39 is 17.8 Å². The molecule has 3 rings (SSSR count). The maximum absolute atomic E-state index is 12.8. The van der Waals surface area contributed by atoms with Crippen molar-refractivity contribution in [1.82, 2.24) is 14.8 Å². The van der Waals surface area contributed by atoms with Gasteiger partial charge in [0.25, 0.3) is 0 Å². The van der Waals surface area contributed by atoms with Crippen LogP contribution in [-0.4, -0.2) is 19.9 Å². The fourth-order valence-corrected chi connectivity index (χ4v) is 3.27. The number of hydrogen-bond donors (Lipinski definition) is 1. The molecule has 0 bridgehead atoms. The molecule has 0 spiro atoms. The molecule has 28 heavy (non-hydrogen) atoms. The molecule has 1 unspecified atom stereocenters. The van der Waals surface area contributed by atoms with Gasteiger partial charge in [-0.2, -0.15) is 13.2 Å². The Hall–Kier alpha value is -2.09. The lowest BCUT2D eigenvalue weighted by molar-refractivity contribution is -0.137. The van der Waals surface area contributed by atoms with Gasteiger partial charge in [-0.15, -0.1) is 5.10 Å². The summed E-state index contributed by atoms with van der Waals surface area (Å²) in [6, 6.07) is 9.62. The molecule has 1 N–H and O–H groups in total. The fourth-order valence-electron chi connectivity index (χ4n) is 2.69. The van der Waals surface area contributed by atoms with Crippen LogP contribution in [0.3, 0.4) is 0 Å². The summed E-state index contributed by atoms with van der Waals surface area (Å²) in [4.78, 5) is 4.38. The van der Waals surface area contributed by atoms with Gasteiger partial charge >= 0.3 is 6.18 Å². The van der Waals surface area contributed by atoms with Crippen molar-refractivity contribution in [3.63, 3.8) is 0 Å². The Morgan fingerprint density at radius 2 is 1.68 bits per heavy atom. The molecular formula is C19H16Cl2F3N3O. The maximum Gasteiger partial charge on any atom is 0.416 e. The van der Waals surface area contributed by atoms with Crippen LogP contribution in [0.4, 0.5) is 13.2 Å². The van der Waals surface area contributed by atoms with E-state index in [4.69, 9.17) is 23.2 Å². The van der Waals surface area contributed by atoms with Crippen molar-refractivity contribution < 1.29 is 18.3 Å². The Labute approximate surface area is 169 Å². The van der Waals surface area contributed by atoms with Crippen molar-refractivity contribution in [3.05, 3.63) is 75.3 Å². The molecule has 2 aromatic carbocycles. The summed E-state index contributed by atoms with van der Waals surface area (Å²) >= 11 is 12.1. The molecule has 0 fully saturated rings. The van der Waals surface area contributed by atoms with Crippen molar-refractivity contribution in [2.75, 3.05) is 0 Å². The molecule has 0 saturated heterocycles. The van der Waals surface area contributed by atoms with Gasteiger partial charge in [-0.1, -0.05) is 30.1 Å². The van der Waals surface area contributed by atoms with Crippen molar-refractivity contribution >= 4 is 23.2 Å². The minimum atomic E-state index is -4.43. The molecule has 0 aliphatic heterocycles. The van der Waals surface area contributed by atoms with Crippen molar-refractivity contribution in [3.8, 4) is 5.69 Å². The van der Waals surface area contributed by atoms with Gasteiger partial charge in [0.2, 0.25) is 0 Å². The van der Waals surface area contributed by atoms with Crippen LogP contribution in [-0.2, 0) is 12.6 Å². The second-order valence-electron chi connectivity index (χ2n) is 6.22. The zero-order chi connectivity index (χ0) is 20.5. The summed E-state index contributed by atoms with van der Waals surface area (Å²) in [5, 5.41) is 15.3. The highest BCUT2D eigenvalue weighted by Gasteiger charge is 2.30. The van der Waals surface area contributed by atoms with Gasteiger partial charge in [0.15, 0.2) is 5.82 Å². The molecule has 0 aliphatic rings. The highest BCUT2D eigenvalue weighted by Crippen LogP contribution is 2.30. The predicted octanol–water partition coefficient (Wildman–Crippen LogP) is 5.63. The summed E-state index contributed by atoms with van der Waals surface area (Å²) in [6.45, 7) is 1.78. The third kappa shape index (κ3) is 4.66. The third-order valence-corrected chi connectivity index (χ3v) is 4.54. The number of aromatic nitrogens is 3. The average molecular weight is 430 g/mol. The highest BCUT2D eigenvalue weighted by molar-refractivity contribution is 6.34. The Balaban J connectivity index is 2.02. The van der Waals surface area contributed by atoms with E-state index in [2.05, 4.69) is 10.1 Å². The molecule has 4 nitrogen and oxygen atoms in total. The molecule has 1 atom stereocenters. The highest BCUT2D eigenvalue weighted by atomic mass is 35.5. The van der Waals surface area contributed by atoms with E-state index in [-0.39, 0.29) is 12.2 Å². The number of nitrogens with zero attached hydrogens (tertiary/aromatic N) is 3. The first kappa shape index (κ1) is 20.6. The van der Waals surface area contributed by atoms with E-state index in [0.717, 1.165) is 17.7 Å². The second-order valence-corrected chi connectivity index (χ2v) is 7.09. The van der Waals surface area contributed by atoms with E-state index in [9.17, 15) is 18.3 Å². The molecule has 0 amide bonds. The lowest BCUT2D eigenvalue weighted by Gasteiger charge is -2.09. The number of rotatable bonds is 5. The van der Waals surface area contributed by atoms with Gasteiger partial charge in [0.1, 0.15) is 11.9 Å². The van der Waals surface area contributed by atoms with E-state index in [1.54, 1.807) is 25.1 Å². The second kappa shape index (κ2) is 8.11. The first-order valence-electron chi connectivity index (χ1n) is 8.44. The molecule has 148 valence electrons. The summed E-state index contributed by atoms with van der Waals surface area (Å²) in [6.07, 6.45) is -4.62. The van der Waals surface area contributed by atoms with Crippen molar-refractivity contribution in [1.29, 1.82) is 0 Å². The van der Waals surface area contributed by atoms with E-state index in [1.807, 2.05) is 0 Å². The summed E-state index contributed by atoms with van der Waals surface area (Å²) in [5.41, 5.74) is 0.405. The van der Waals surface area contributed by atoms with Crippen LogP contribution in [0.25, 0.3) is 5.69 Å². The Kier molecular flexibility index (Phi) is 5.98. The standard InChI is InChI=1S/C19H16Cl2F3N3O/c1-2-16(28)18-25-17(9-11-7-13(20)10-14(21)8-11)27(26-18)15-5-3-12(4-6-15)19(22,23)24/h3-8,10,16,28H,2,9H2,1H3. The topological polar surface area (TPSA) is 50.9 Å². The van der Waals surface area contributed by atoms with Crippen LogP contribution in [0.2, 0.25) is 10.0 Å². The molecule has 3 aromatic rings. The monoisotopic (exact) mass is 429 g/mol. The number of alkyl halides is 3. The summed E-state index contributed by atoms with van der Waals surface area (Å²) in [7, 11) is 0. The average Bonchev–Trinajstić information content (AvgIpc) is 3.03. The SMILES string of the molecule is CCC(O)c1nc(Cc2cc(Cl)cc(Cl)c2)n(-c2ccc(C(F)(F)F)cc2)n1. The van der Waals surface area contributed by atoms with E-state index >= 15 is 0 Å². The van der Waals surface area contributed by atoms with Gasteiger partial charge < -0.3 is 5.11 Å². The van der Waals surface area contributed by atoms with E-state index in [0.29, 0.717) is 28.0 Å². The lowest BCUT2D eigenvalue weighted by atomic mass is 10.1. The summed E-state index contributed by atoms with van der Waals surface area (Å²) in [5.74, 6) is 0.645. The molecule has 9 heteroatoms. The first-order valence-corrected chi connectivity index (χ1v) is 9.19. The third-order valence-electron chi connectivity index (χ3n) is 4.10. The number of aliphatic hydroxyl groups is 1. The Morgan fingerprint density at radius 1 is 1.07 bits per heavy atom. The Morgan fingerprint density at radius 3 is 2.21 bits per heavy atom. The largest absolute Gasteiger partial charge is 0.416 e. The van der Waals surface area contributed by atoms with Crippen LogP contribution in [0.1, 0.15) is 42.2 Å².